The van der Waals surface area contributed by atoms with E-state index < -0.39 is 6.04 Å². The predicted octanol–water partition coefficient (Wildman–Crippen LogP) is 4.69. The molecular formula is C23H30N2O2. The molecule has 0 heterocycles. The van der Waals surface area contributed by atoms with E-state index in [1.165, 1.54) is 0 Å². The second-order valence-corrected chi connectivity index (χ2v) is 8.33. The van der Waals surface area contributed by atoms with E-state index in [9.17, 15) is 9.59 Å². The van der Waals surface area contributed by atoms with Gasteiger partial charge >= 0.3 is 0 Å². The van der Waals surface area contributed by atoms with Crippen molar-refractivity contribution in [1.29, 1.82) is 0 Å². The summed E-state index contributed by atoms with van der Waals surface area (Å²) in [5.74, 6) is -0.486. The lowest BCUT2D eigenvalue weighted by Crippen LogP contribution is -2.47. The lowest BCUT2D eigenvalue weighted by Gasteiger charge is -2.23. The van der Waals surface area contributed by atoms with Gasteiger partial charge < -0.3 is 10.6 Å². The van der Waals surface area contributed by atoms with Gasteiger partial charge in [0.05, 0.1) is 0 Å². The second kappa shape index (κ2) is 8.38. The molecule has 0 aliphatic heterocycles. The highest BCUT2D eigenvalue weighted by molar-refractivity contribution is 6.01. The van der Waals surface area contributed by atoms with Crippen LogP contribution in [0.15, 0.2) is 48.5 Å². The maximum absolute atomic E-state index is 12.7. The topological polar surface area (TPSA) is 58.2 Å². The molecule has 0 unspecified atom stereocenters. The summed E-state index contributed by atoms with van der Waals surface area (Å²) in [5.41, 5.74) is 3.49. The zero-order valence-corrected chi connectivity index (χ0v) is 17.1. The third-order valence-corrected chi connectivity index (χ3v) is 4.65. The Morgan fingerprint density at radius 3 is 2.04 bits per heavy atom. The highest BCUT2D eigenvalue weighted by atomic mass is 16.2. The molecule has 0 bridgehead atoms. The highest BCUT2D eigenvalue weighted by Crippen LogP contribution is 2.22. The van der Waals surface area contributed by atoms with Crippen LogP contribution in [0.2, 0.25) is 0 Å². The van der Waals surface area contributed by atoms with Crippen LogP contribution in [0, 0.1) is 12.8 Å². The minimum Gasteiger partial charge on any atom is -0.340 e. The smallest absolute Gasteiger partial charge is 0.251 e. The van der Waals surface area contributed by atoms with E-state index in [0.717, 1.165) is 16.8 Å². The molecule has 0 spiro atoms. The summed E-state index contributed by atoms with van der Waals surface area (Å²) in [5, 5.41) is 5.80. The number of anilines is 1. The van der Waals surface area contributed by atoms with Crippen molar-refractivity contribution in [1.82, 2.24) is 5.32 Å². The Morgan fingerprint density at radius 1 is 0.926 bits per heavy atom. The summed E-state index contributed by atoms with van der Waals surface area (Å²) in [7, 11) is 0. The van der Waals surface area contributed by atoms with Gasteiger partial charge in [-0.15, -0.1) is 0 Å². The third-order valence-electron chi connectivity index (χ3n) is 4.65. The molecule has 2 N–H and O–H groups in total. The van der Waals surface area contributed by atoms with Crippen LogP contribution in [0.1, 0.15) is 56.1 Å². The molecular weight excluding hydrogens is 336 g/mol. The number of hydrogen-bond acceptors (Lipinski definition) is 2. The molecule has 0 saturated heterocycles. The summed E-state index contributed by atoms with van der Waals surface area (Å²) in [6.07, 6.45) is 0. The summed E-state index contributed by atoms with van der Waals surface area (Å²) < 4.78 is 0. The molecule has 0 aliphatic rings. The number of nitrogens with one attached hydrogen (secondary N) is 2. The number of hydrogen-bond donors (Lipinski definition) is 2. The monoisotopic (exact) mass is 366 g/mol. The first-order valence-electron chi connectivity index (χ1n) is 9.37. The van der Waals surface area contributed by atoms with Gasteiger partial charge in [-0.1, -0.05) is 65.0 Å². The van der Waals surface area contributed by atoms with Crippen molar-refractivity contribution in [2.75, 3.05) is 5.32 Å². The molecule has 0 aliphatic carbocycles. The fraction of sp³-hybridized carbons (Fsp3) is 0.391. The van der Waals surface area contributed by atoms with Crippen molar-refractivity contribution in [3.8, 4) is 0 Å². The van der Waals surface area contributed by atoms with Crippen LogP contribution >= 0.6 is 0 Å². The average molecular weight is 367 g/mol. The molecule has 4 heteroatoms. The molecule has 0 fully saturated rings. The van der Waals surface area contributed by atoms with E-state index in [4.69, 9.17) is 0 Å². The van der Waals surface area contributed by atoms with E-state index in [1.54, 1.807) is 0 Å². The van der Waals surface area contributed by atoms with E-state index in [1.807, 2.05) is 69.3 Å². The Morgan fingerprint density at radius 2 is 1.52 bits per heavy atom. The Hall–Kier alpha value is -2.62. The summed E-state index contributed by atoms with van der Waals surface area (Å²) >= 11 is 0. The number of para-hydroxylation sites is 1. The van der Waals surface area contributed by atoms with Crippen LogP contribution in [0.4, 0.5) is 5.69 Å². The van der Waals surface area contributed by atoms with Crippen LogP contribution in [0.3, 0.4) is 0 Å². The van der Waals surface area contributed by atoms with Gasteiger partial charge in [-0.05, 0) is 47.6 Å². The Bertz CT molecular complexity index is 802. The number of carbonyl (C=O) groups excluding carboxylic acids is 2. The molecule has 0 saturated carbocycles. The maximum Gasteiger partial charge on any atom is 0.251 e. The molecule has 2 aromatic rings. The van der Waals surface area contributed by atoms with Crippen molar-refractivity contribution in [3.05, 3.63) is 65.2 Å². The zero-order valence-electron chi connectivity index (χ0n) is 17.1. The van der Waals surface area contributed by atoms with Crippen molar-refractivity contribution < 1.29 is 9.59 Å². The second-order valence-electron chi connectivity index (χ2n) is 8.33. The molecule has 2 amide bonds. The van der Waals surface area contributed by atoms with E-state index in [2.05, 4.69) is 31.4 Å². The largest absolute Gasteiger partial charge is 0.340 e. The first kappa shape index (κ1) is 20.7. The average Bonchev–Trinajstić information content (AvgIpc) is 2.60. The van der Waals surface area contributed by atoms with E-state index >= 15 is 0 Å². The number of amides is 2. The highest BCUT2D eigenvalue weighted by Gasteiger charge is 2.25. The Kier molecular flexibility index (Phi) is 6.42. The normalized spacial score (nSPS) is 12.6. The van der Waals surface area contributed by atoms with Gasteiger partial charge in [-0.3, -0.25) is 9.59 Å². The standard InChI is InChI=1S/C23H30N2O2/c1-15(2)20(22(27)24-19-10-8-7-9-16(19)3)25-21(26)17-11-13-18(14-12-17)23(4,5)6/h7-15,20H,1-6H3,(H,24,27)(H,25,26)/t20-/m0/s1. The van der Waals surface area contributed by atoms with Crippen LogP contribution in [0.25, 0.3) is 0 Å². The van der Waals surface area contributed by atoms with Crippen molar-refractivity contribution in [2.45, 2.75) is 53.0 Å². The summed E-state index contributed by atoms with van der Waals surface area (Å²) in [6.45, 7) is 12.2. The molecule has 4 nitrogen and oxygen atoms in total. The minimum atomic E-state index is -0.612. The Labute approximate surface area is 162 Å². The van der Waals surface area contributed by atoms with Crippen molar-refractivity contribution >= 4 is 17.5 Å². The lowest BCUT2D eigenvalue weighted by atomic mass is 9.86. The fourth-order valence-electron chi connectivity index (χ4n) is 2.80. The van der Waals surface area contributed by atoms with Gasteiger partial charge in [0.15, 0.2) is 0 Å². The first-order chi connectivity index (χ1) is 12.6. The Balaban J connectivity index is 2.12. The maximum atomic E-state index is 12.7. The number of aryl methyl sites for hydroxylation is 1. The van der Waals surface area contributed by atoms with Gasteiger partial charge in [0, 0.05) is 11.3 Å². The van der Waals surface area contributed by atoms with Gasteiger partial charge in [0.1, 0.15) is 6.04 Å². The van der Waals surface area contributed by atoms with Gasteiger partial charge in [-0.2, -0.15) is 0 Å². The van der Waals surface area contributed by atoms with Crippen LogP contribution in [-0.4, -0.2) is 17.9 Å². The van der Waals surface area contributed by atoms with Gasteiger partial charge in [-0.25, -0.2) is 0 Å². The molecule has 0 radical (unpaired) electrons. The lowest BCUT2D eigenvalue weighted by molar-refractivity contribution is -0.118. The van der Waals surface area contributed by atoms with E-state index in [0.29, 0.717) is 5.56 Å². The van der Waals surface area contributed by atoms with Crippen LogP contribution in [0.5, 0.6) is 0 Å². The quantitative estimate of drug-likeness (QED) is 0.807. The summed E-state index contributed by atoms with van der Waals surface area (Å²) in [4.78, 5) is 25.4. The van der Waals surface area contributed by atoms with Crippen LogP contribution < -0.4 is 10.6 Å². The minimum absolute atomic E-state index is 0.0307. The predicted molar refractivity (Wildman–Crippen MR) is 111 cm³/mol. The van der Waals surface area contributed by atoms with Crippen LogP contribution in [-0.2, 0) is 10.2 Å². The van der Waals surface area contributed by atoms with Crippen molar-refractivity contribution in [3.63, 3.8) is 0 Å². The first-order valence-corrected chi connectivity index (χ1v) is 9.37. The number of carbonyl (C=O) groups is 2. The third kappa shape index (κ3) is 5.43. The summed E-state index contributed by atoms with van der Waals surface area (Å²) in [6, 6.07) is 14.5. The number of rotatable bonds is 5. The molecule has 1 atom stereocenters. The fourth-order valence-corrected chi connectivity index (χ4v) is 2.80. The van der Waals surface area contributed by atoms with Crippen molar-refractivity contribution in [2.24, 2.45) is 5.92 Å². The molecule has 27 heavy (non-hydrogen) atoms. The van der Waals surface area contributed by atoms with Gasteiger partial charge in [0.2, 0.25) is 5.91 Å². The van der Waals surface area contributed by atoms with Gasteiger partial charge in [0.25, 0.3) is 5.91 Å². The molecule has 2 aromatic carbocycles. The SMILES string of the molecule is Cc1ccccc1NC(=O)[C@@H](NC(=O)c1ccc(C(C)(C)C)cc1)C(C)C. The van der Waals surface area contributed by atoms with E-state index in [-0.39, 0.29) is 23.1 Å². The molecule has 2 rings (SSSR count). The zero-order chi connectivity index (χ0) is 20.2. The number of benzene rings is 2. The molecule has 144 valence electrons. The molecule has 0 aromatic heterocycles.